The average Bonchev–Trinajstić information content (AvgIpc) is 2.64. The molecule has 0 unspecified atom stereocenters. The summed E-state index contributed by atoms with van der Waals surface area (Å²) in [6.07, 6.45) is 0. The summed E-state index contributed by atoms with van der Waals surface area (Å²) in [5.74, 6) is -0.207. The van der Waals surface area contributed by atoms with Crippen LogP contribution in [0.25, 0.3) is 10.8 Å². The number of hydrogen-bond acceptors (Lipinski definition) is 4. The Balaban J connectivity index is 1.72. The van der Waals surface area contributed by atoms with Gasteiger partial charge in [0.15, 0.2) is 0 Å². The van der Waals surface area contributed by atoms with E-state index in [1.54, 1.807) is 60.7 Å². The summed E-state index contributed by atoms with van der Waals surface area (Å²) in [4.78, 5) is 11.8. The Bertz CT molecular complexity index is 1030. The van der Waals surface area contributed by atoms with Crippen molar-refractivity contribution in [2.45, 2.75) is 4.90 Å². The molecule has 26 heavy (non-hydrogen) atoms. The highest BCUT2D eigenvalue weighted by atomic mass is 32.2. The number of benzene rings is 3. The van der Waals surface area contributed by atoms with Gasteiger partial charge >= 0.3 is 0 Å². The fourth-order valence-electron chi connectivity index (χ4n) is 2.72. The minimum atomic E-state index is -4.41. The number of carbonyl (C=O) groups excluding carboxylic acids is 1. The minimum Gasteiger partial charge on any atom is -0.382 e. The largest absolute Gasteiger partial charge is 0.382 e. The summed E-state index contributed by atoms with van der Waals surface area (Å²) < 4.78 is 33.3. The molecule has 0 bridgehead atoms. The highest BCUT2D eigenvalue weighted by Gasteiger charge is 2.19. The van der Waals surface area contributed by atoms with Gasteiger partial charge in [-0.15, -0.1) is 0 Å². The standard InChI is InChI=1S/C19H18N2O4S/c22-19(15-7-2-1-3-8-15)21-13-12-20-17-11-10-14-6-4-5-9-16(14)18(17)26(23,24)25/h1-11,20H,12-13H2,(H,21,22)(H,23,24,25). The van der Waals surface area contributed by atoms with Crippen molar-refractivity contribution in [1.29, 1.82) is 0 Å². The molecule has 3 aromatic rings. The van der Waals surface area contributed by atoms with Gasteiger partial charge in [-0.1, -0.05) is 48.5 Å². The molecule has 3 rings (SSSR count). The summed E-state index contributed by atoms with van der Waals surface area (Å²) in [6.45, 7) is 0.602. The zero-order valence-corrected chi connectivity index (χ0v) is 14.7. The van der Waals surface area contributed by atoms with Crippen LogP contribution >= 0.6 is 0 Å². The van der Waals surface area contributed by atoms with E-state index in [-0.39, 0.29) is 10.8 Å². The number of rotatable bonds is 6. The van der Waals surface area contributed by atoms with E-state index in [4.69, 9.17) is 0 Å². The fourth-order valence-corrected chi connectivity index (χ4v) is 3.61. The predicted octanol–water partition coefficient (Wildman–Crippen LogP) is 2.93. The van der Waals surface area contributed by atoms with Crippen LogP contribution in [0.15, 0.2) is 71.6 Å². The maximum absolute atomic E-state index is 12.0. The van der Waals surface area contributed by atoms with Crippen molar-refractivity contribution in [2.24, 2.45) is 0 Å². The van der Waals surface area contributed by atoms with Gasteiger partial charge in [-0.25, -0.2) is 0 Å². The molecule has 7 heteroatoms. The number of amides is 1. The molecule has 134 valence electrons. The molecule has 0 saturated carbocycles. The molecule has 0 aliphatic heterocycles. The molecule has 0 spiro atoms. The van der Waals surface area contributed by atoms with Crippen LogP contribution < -0.4 is 10.6 Å². The maximum Gasteiger partial charge on any atom is 0.297 e. The van der Waals surface area contributed by atoms with Crippen LogP contribution in [0.4, 0.5) is 5.69 Å². The van der Waals surface area contributed by atoms with E-state index in [9.17, 15) is 17.8 Å². The lowest BCUT2D eigenvalue weighted by atomic mass is 10.1. The van der Waals surface area contributed by atoms with Crippen molar-refractivity contribution >= 4 is 32.5 Å². The zero-order chi connectivity index (χ0) is 18.6. The normalized spacial score (nSPS) is 11.3. The molecule has 0 aliphatic carbocycles. The van der Waals surface area contributed by atoms with E-state index in [0.717, 1.165) is 0 Å². The Morgan fingerprint density at radius 3 is 2.31 bits per heavy atom. The third-order valence-corrected chi connectivity index (χ3v) is 4.86. The van der Waals surface area contributed by atoms with E-state index >= 15 is 0 Å². The first-order valence-corrected chi connectivity index (χ1v) is 9.47. The predicted molar refractivity (Wildman–Crippen MR) is 101 cm³/mol. The molecule has 0 radical (unpaired) electrons. The van der Waals surface area contributed by atoms with E-state index in [2.05, 4.69) is 10.6 Å². The first kappa shape index (κ1) is 17.9. The van der Waals surface area contributed by atoms with Crippen molar-refractivity contribution < 1.29 is 17.8 Å². The smallest absolute Gasteiger partial charge is 0.297 e. The quantitative estimate of drug-likeness (QED) is 0.458. The topological polar surface area (TPSA) is 95.5 Å². The second-order valence-corrected chi connectivity index (χ2v) is 7.05. The molecule has 0 aliphatic rings. The molecule has 1 amide bonds. The first-order valence-electron chi connectivity index (χ1n) is 8.03. The second kappa shape index (κ2) is 7.55. The van der Waals surface area contributed by atoms with Crippen LogP contribution in [0.2, 0.25) is 0 Å². The van der Waals surface area contributed by atoms with Crippen molar-refractivity contribution in [3.05, 3.63) is 72.3 Å². The van der Waals surface area contributed by atoms with Crippen LogP contribution in [0, 0.1) is 0 Å². The van der Waals surface area contributed by atoms with Gasteiger partial charge in [-0.2, -0.15) is 8.42 Å². The fraction of sp³-hybridized carbons (Fsp3) is 0.105. The van der Waals surface area contributed by atoms with Gasteiger partial charge in [0.05, 0.1) is 5.69 Å². The van der Waals surface area contributed by atoms with Crippen molar-refractivity contribution in [3.63, 3.8) is 0 Å². The Morgan fingerprint density at radius 2 is 1.58 bits per heavy atom. The Kier molecular flexibility index (Phi) is 5.20. The summed E-state index contributed by atoms with van der Waals surface area (Å²) in [7, 11) is -4.41. The van der Waals surface area contributed by atoms with Gasteiger partial charge in [0.25, 0.3) is 16.0 Å². The van der Waals surface area contributed by atoms with Gasteiger partial charge in [0.2, 0.25) is 0 Å². The maximum atomic E-state index is 12.0. The third kappa shape index (κ3) is 4.01. The Morgan fingerprint density at radius 1 is 0.885 bits per heavy atom. The van der Waals surface area contributed by atoms with E-state index in [1.165, 1.54) is 0 Å². The van der Waals surface area contributed by atoms with E-state index in [0.29, 0.717) is 35.1 Å². The summed E-state index contributed by atoms with van der Waals surface area (Å²) >= 11 is 0. The zero-order valence-electron chi connectivity index (χ0n) is 13.8. The van der Waals surface area contributed by atoms with Gasteiger partial charge in [-0.05, 0) is 23.6 Å². The van der Waals surface area contributed by atoms with Crippen LogP contribution in [-0.4, -0.2) is 32.0 Å². The monoisotopic (exact) mass is 370 g/mol. The SMILES string of the molecule is O=C(NCCNc1ccc2ccccc2c1S(=O)(=O)O)c1ccccc1. The third-order valence-electron chi connectivity index (χ3n) is 3.90. The molecular formula is C19H18N2O4S. The van der Waals surface area contributed by atoms with Crippen molar-refractivity contribution in [1.82, 2.24) is 5.32 Å². The molecule has 0 saturated heterocycles. The number of carbonyl (C=O) groups is 1. The van der Waals surface area contributed by atoms with E-state index in [1.807, 2.05) is 6.07 Å². The van der Waals surface area contributed by atoms with Gasteiger partial charge in [-0.3, -0.25) is 9.35 Å². The molecular weight excluding hydrogens is 352 g/mol. The first-order chi connectivity index (χ1) is 12.5. The van der Waals surface area contributed by atoms with Gasteiger partial charge in [0, 0.05) is 24.0 Å². The lowest BCUT2D eigenvalue weighted by Gasteiger charge is -2.13. The minimum absolute atomic E-state index is 0.162. The summed E-state index contributed by atoms with van der Waals surface area (Å²) in [6, 6.07) is 19.1. The summed E-state index contributed by atoms with van der Waals surface area (Å²) in [5.41, 5.74) is 0.844. The number of nitrogens with one attached hydrogen (secondary N) is 2. The molecule has 3 N–H and O–H groups in total. The van der Waals surface area contributed by atoms with Crippen LogP contribution in [0.1, 0.15) is 10.4 Å². The summed E-state index contributed by atoms with van der Waals surface area (Å²) in [5, 5.41) is 6.87. The highest BCUT2D eigenvalue weighted by Crippen LogP contribution is 2.30. The number of anilines is 1. The van der Waals surface area contributed by atoms with Crippen molar-refractivity contribution in [3.8, 4) is 0 Å². The molecule has 0 atom stereocenters. The second-order valence-electron chi connectivity index (χ2n) is 5.69. The Hall–Kier alpha value is -2.90. The molecule has 6 nitrogen and oxygen atoms in total. The average molecular weight is 370 g/mol. The molecule has 0 aromatic heterocycles. The van der Waals surface area contributed by atoms with Crippen LogP contribution in [0.3, 0.4) is 0 Å². The van der Waals surface area contributed by atoms with E-state index < -0.39 is 10.1 Å². The van der Waals surface area contributed by atoms with Crippen LogP contribution in [-0.2, 0) is 10.1 Å². The van der Waals surface area contributed by atoms with Crippen LogP contribution in [0.5, 0.6) is 0 Å². The van der Waals surface area contributed by atoms with Crippen molar-refractivity contribution in [2.75, 3.05) is 18.4 Å². The Labute approximate surface area is 151 Å². The molecule has 0 heterocycles. The van der Waals surface area contributed by atoms with Gasteiger partial charge in [0.1, 0.15) is 4.90 Å². The number of fused-ring (bicyclic) bond motifs is 1. The highest BCUT2D eigenvalue weighted by molar-refractivity contribution is 7.86. The number of hydrogen-bond donors (Lipinski definition) is 3. The van der Waals surface area contributed by atoms with Gasteiger partial charge < -0.3 is 10.6 Å². The lowest BCUT2D eigenvalue weighted by Crippen LogP contribution is -2.28. The molecule has 0 fully saturated rings. The molecule has 3 aromatic carbocycles. The lowest BCUT2D eigenvalue weighted by molar-refractivity contribution is 0.0955.